The number of rotatable bonds is 0. The first-order valence-corrected chi connectivity index (χ1v) is 2.11. The molecule has 0 aromatic rings. The van der Waals surface area contributed by atoms with Crippen molar-refractivity contribution in [3.8, 4) is 0 Å². The highest BCUT2D eigenvalue weighted by Crippen LogP contribution is 1.72. The highest BCUT2D eigenvalue weighted by Gasteiger charge is 2.02. The van der Waals surface area contributed by atoms with Gasteiger partial charge in [-0.25, -0.2) is 10.9 Å². The second-order valence-corrected chi connectivity index (χ2v) is 1.42. The summed E-state index contributed by atoms with van der Waals surface area (Å²) in [4.78, 5) is 0. The molecule has 3 heteroatoms. The summed E-state index contributed by atoms with van der Waals surface area (Å²) >= 11 is 0. The lowest BCUT2D eigenvalue weighted by molar-refractivity contribution is 0.570. The van der Waals surface area contributed by atoms with E-state index in [1.165, 1.54) is 0 Å². The predicted octanol–water partition coefficient (Wildman–Crippen LogP) is -1.01. The number of nitrogens with one attached hydrogen (secondary N) is 3. The first-order valence-electron chi connectivity index (χ1n) is 2.11. The molecular weight excluding hydrogens is 78.1 g/mol. The number of hydrazine groups is 1. The summed E-state index contributed by atoms with van der Waals surface area (Å²) in [7, 11) is 0. The van der Waals surface area contributed by atoms with Gasteiger partial charge in [0.15, 0.2) is 0 Å². The van der Waals surface area contributed by atoms with Crippen LogP contribution < -0.4 is 16.2 Å². The molecule has 1 rings (SSSR count). The van der Waals surface area contributed by atoms with Gasteiger partial charge in [-0.2, -0.15) is 0 Å². The van der Waals surface area contributed by atoms with Crippen LogP contribution in [0.25, 0.3) is 0 Å². The second-order valence-electron chi connectivity index (χ2n) is 1.42. The van der Waals surface area contributed by atoms with E-state index in [9.17, 15) is 0 Å². The maximum Gasteiger partial charge on any atom is 0.0686 e. The van der Waals surface area contributed by atoms with E-state index >= 15 is 0 Å². The van der Waals surface area contributed by atoms with Gasteiger partial charge in [-0.1, -0.05) is 0 Å². The fourth-order valence-corrected chi connectivity index (χ4v) is 0.459. The number of hydrogen-bond acceptors (Lipinski definition) is 3. The van der Waals surface area contributed by atoms with Crippen molar-refractivity contribution in [2.75, 3.05) is 6.67 Å². The Balaban J connectivity index is 2.18. The van der Waals surface area contributed by atoms with Crippen molar-refractivity contribution in [3.05, 3.63) is 0 Å². The van der Waals surface area contributed by atoms with Crippen molar-refractivity contribution < 1.29 is 0 Å². The zero-order valence-electron chi connectivity index (χ0n) is 3.78. The minimum absolute atomic E-state index is 0.435. The van der Waals surface area contributed by atoms with Crippen molar-refractivity contribution >= 4 is 0 Å². The van der Waals surface area contributed by atoms with Crippen LogP contribution in [0.15, 0.2) is 0 Å². The van der Waals surface area contributed by atoms with Crippen LogP contribution >= 0.6 is 0 Å². The number of hydrogen-bond donors (Lipinski definition) is 3. The summed E-state index contributed by atoms with van der Waals surface area (Å²) in [6.07, 6.45) is 0.435. The van der Waals surface area contributed by atoms with Crippen LogP contribution in [0.3, 0.4) is 0 Å². The minimum Gasteiger partial charge on any atom is -0.287 e. The molecule has 3 N–H and O–H groups in total. The Labute approximate surface area is 37.1 Å². The maximum absolute atomic E-state index is 3.10. The van der Waals surface area contributed by atoms with E-state index in [0.717, 1.165) is 6.67 Å². The summed E-state index contributed by atoms with van der Waals surface area (Å²) in [5.74, 6) is 0. The van der Waals surface area contributed by atoms with Crippen molar-refractivity contribution in [1.29, 1.82) is 0 Å². The van der Waals surface area contributed by atoms with Gasteiger partial charge in [-0.15, -0.1) is 0 Å². The van der Waals surface area contributed by atoms with Crippen LogP contribution in [0, 0.1) is 0 Å². The third kappa shape index (κ3) is 0.680. The molecule has 0 spiro atoms. The molecule has 36 valence electrons. The summed E-state index contributed by atoms with van der Waals surface area (Å²) in [5.41, 5.74) is 5.87. The fraction of sp³-hybridized carbons (Fsp3) is 1.00. The van der Waals surface area contributed by atoms with E-state index in [0.29, 0.717) is 6.17 Å². The van der Waals surface area contributed by atoms with Gasteiger partial charge in [-0.3, -0.25) is 5.32 Å². The third-order valence-electron chi connectivity index (χ3n) is 0.815. The van der Waals surface area contributed by atoms with E-state index in [1.54, 1.807) is 0 Å². The van der Waals surface area contributed by atoms with Crippen LogP contribution in [0.2, 0.25) is 0 Å². The lowest BCUT2D eigenvalue weighted by atomic mass is 10.6. The first-order chi connectivity index (χ1) is 2.89. The molecule has 1 aliphatic rings. The minimum atomic E-state index is 0.435. The quantitative estimate of drug-likeness (QED) is 0.354. The van der Waals surface area contributed by atoms with Crippen LogP contribution in [0.1, 0.15) is 6.92 Å². The molecule has 1 saturated heterocycles. The van der Waals surface area contributed by atoms with Crippen LogP contribution in [0.4, 0.5) is 0 Å². The predicted molar refractivity (Wildman–Crippen MR) is 23.7 cm³/mol. The summed E-state index contributed by atoms with van der Waals surface area (Å²) in [6, 6.07) is 0. The van der Waals surface area contributed by atoms with Gasteiger partial charge < -0.3 is 0 Å². The van der Waals surface area contributed by atoms with Crippen molar-refractivity contribution in [1.82, 2.24) is 16.2 Å². The summed E-state index contributed by atoms with van der Waals surface area (Å²) in [6.45, 7) is 2.93. The Kier molecular flexibility index (Phi) is 1.05. The highest BCUT2D eigenvalue weighted by molar-refractivity contribution is 4.58. The molecule has 6 heavy (non-hydrogen) atoms. The van der Waals surface area contributed by atoms with Gasteiger partial charge in [0.2, 0.25) is 0 Å². The van der Waals surface area contributed by atoms with Gasteiger partial charge in [0.05, 0.1) is 12.8 Å². The molecule has 0 amide bonds. The Bertz CT molecular complexity index is 39.3. The summed E-state index contributed by atoms with van der Waals surface area (Å²) in [5, 5.41) is 3.10. The molecule has 1 heterocycles. The topological polar surface area (TPSA) is 36.1 Å². The first kappa shape index (κ1) is 4.05. The average Bonchev–Trinajstić information content (AvgIpc) is 1.86. The van der Waals surface area contributed by atoms with E-state index in [4.69, 9.17) is 0 Å². The lowest BCUT2D eigenvalue weighted by Crippen LogP contribution is -2.29. The largest absolute Gasteiger partial charge is 0.287 e. The third-order valence-corrected chi connectivity index (χ3v) is 0.815. The van der Waals surface area contributed by atoms with Gasteiger partial charge in [0.25, 0.3) is 0 Å². The molecule has 1 fully saturated rings. The van der Waals surface area contributed by atoms with E-state index in [1.807, 2.05) is 0 Å². The lowest BCUT2D eigenvalue weighted by Gasteiger charge is -1.95. The van der Waals surface area contributed by atoms with Gasteiger partial charge in [-0.05, 0) is 6.92 Å². The van der Waals surface area contributed by atoms with Gasteiger partial charge in [0.1, 0.15) is 0 Å². The van der Waals surface area contributed by atoms with Crippen LogP contribution in [-0.2, 0) is 0 Å². The zero-order valence-corrected chi connectivity index (χ0v) is 3.78. The molecular formula is C3H9N3. The molecule has 0 aromatic carbocycles. The standard InChI is InChI=1S/C3H9N3/c1-3-4-2-5-6-3/h3-6H,2H2,1H3/t3-/m0/s1. The maximum atomic E-state index is 3.10. The Morgan fingerprint density at radius 3 is 2.67 bits per heavy atom. The van der Waals surface area contributed by atoms with Crippen molar-refractivity contribution in [2.24, 2.45) is 0 Å². The van der Waals surface area contributed by atoms with Crippen LogP contribution in [0.5, 0.6) is 0 Å². The monoisotopic (exact) mass is 87.1 g/mol. The Morgan fingerprint density at radius 2 is 2.50 bits per heavy atom. The van der Waals surface area contributed by atoms with E-state index in [-0.39, 0.29) is 0 Å². The SMILES string of the molecule is C[C@H]1NCNN1. The molecule has 0 saturated carbocycles. The zero-order chi connectivity index (χ0) is 4.41. The Morgan fingerprint density at radius 1 is 1.67 bits per heavy atom. The van der Waals surface area contributed by atoms with Crippen LogP contribution in [-0.4, -0.2) is 12.8 Å². The normalized spacial score (nSPS) is 34.5. The van der Waals surface area contributed by atoms with Crippen molar-refractivity contribution in [3.63, 3.8) is 0 Å². The van der Waals surface area contributed by atoms with E-state index in [2.05, 4.69) is 23.1 Å². The molecule has 0 bridgehead atoms. The summed E-state index contributed by atoms with van der Waals surface area (Å²) < 4.78 is 0. The van der Waals surface area contributed by atoms with Crippen molar-refractivity contribution in [2.45, 2.75) is 13.1 Å². The molecule has 0 aromatic heterocycles. The van der Waals surface area contributed by atoms with Gasteiger partial charge >= 0.3 is 0 Å². The molecule has 0 unspecified atom stereocenters. The smallest absolute Gasteiger partial charge is 0.0686 e. The fourth-order valence-electron chi connectivity index (χ4n) is 0.459. The van der Waals surface area contributed by atoms with Gasteiger partial charge in [0, 0.05) is 0 Å². The molecule has 0 aliphatic carbocycles. The molecule has 3 nitrogen and oxygen atoms in total. The molecule has 1 atom stereocenters. The average molecular weight is 87.1 g/mol. The van der Waals surface area contributed by atoms with E-state index < -0.39 is 0 Å². The Hall–Kier alpha value is -0.120. The second kappa shape index (κ2) is 1.55. The highest BCUT2D eigenvalue weighted by atomic mass is 15.5. The molecule has 1 aliphatic heterocycles. The molecule has 0 radical (unpaired) electrons.